The Kier molecular flexibility index (Phi) is 6.38. The molecule has 12 nitrogen and oxygen atoms in total. The SMILES string of the molecule is CC(=O)c1c([C@@H]2C[C@H]3CC[C@@H](C2)N3C(=O)C(C)(CO)CO)nc2c(-c3ccc(-c4ncc[nH]4)nc3)cnn2c1N. The fourth-order valence-corrected chi connectivity index (χ4v) is 6.22. The van der Waals surface area contributed by atoms with E-state index in [1.54, 1.807) is 31.7 Å². The topological polar surface area (TPSA) is 176 Å². The van der Waals surface area contributed by atoms with Crippen molar-refractivity contribution < 1.29 is 19.8 Å². The summed E-state index contributed by atoms with van der Waals surface area (Å²) >= 11 is 0. The molecule has 2 bridgehead atoms. The molecule has 40 heavy (non-hydrogen) atoms. The van der Waals surface area contributed by atoms with E-state index in [0.717, 1.165) is 24.0 Å². The summed E-state index contributed by atoms with van der Waals surface area (Å²) in [6.45, 7) is 2.21. The van der Waals surface area contributed by atoms with Crippen LogP contribution < -0.4 is 5.73 Å². The second kappa shape index (κ2) is 9.79. The molecule has 0 spiro atoms. The van der Waals surface area contributed by atoms with E-state index in [1.165, 1.54) is 11.4 Å². The number of nitrogens with one attached hydrogen (secondary N) is 1. The van der Waals surface area contributed by atoms with Gasteiger partial charge in [-0.2, -0.15) is 9.61 Å². The Bertz CT molecular complexity index is 1560. The lowest BCUT2D eigenvalue weighted by molar-refractivity contribution is -0.151. The summed E-state index contributed by atoms with van der Waals surface area (Å²) in [4.78, 5) is 44.9. The molecule has 0 aromatic carbocycles. The average Bonchev–Trinajstić information content (AvgIpc) is 3.70. The number of pyridine rings is 1. The lowest BCUT2D eigenvalue weighted by atomic mass is 9.82. The zero-order valence-corrected chi connectivity index (χ0v) is 22.4. The predicted octanol–water partition coefficient (Wildman–Crippen LogP) is 2.19. The van der Waals surface area contributed by atoms with Crippen molar-refractivity contribution in [3.8, 4) is 22.6 Å². The molecule has 2 fully saturated rings. The second-order valence-corrected chi connectivity index (χ2v) is 11.1. The van der Waals surface area contributed by atoms with Crippen LogP contribution in [-0.4, -0.2) is 81.7 Å². The number of aliphatic hydroxyl groups is 2. The molecule has 0 unspecified atom stereocenters. The molecule has 12 heteroatoms. The van der Waals surface area contributed by atoms with Crippen LogP contribution in [0.3, 0.4) is 0 Å². The lowest BCUT2D eigenvalue weighted by Gasteiger charge is -2.42. The van der Waals surface area contributed by atoms with Crippen molar-refractivity contribution in [2.24, 2.45) is 5.41 Å². The number of ketones is 1. The van der Waals surface area contributed by atoms with Crippen LogP contribution >= 0.6 is 0 Å². The number of fused-ring (bicyclic) bond motifs is 3. The van der Waals surface area contributed by atoms with Gasteiger partial charge in [-0.3, -0.25) is 14.6 Å². The summed E-state index contributed by atoms with van der Waals surface area (Å²) in [6.07, 6.45) is 9.67. The minimum absolute atomic E-state index is 0.0736. The van der Waals surface area contributed by atoms with E-state index in [-0.39, 0.29) is 35.5 Å². The van der Waals surface area contributed by atoms with Crippen molar-refractivity contribution in [1.29, 1.82) is 0 Å². The number of aromatic amines is 1. The minimum atomic E-state index is -1.23. The molecule has 0 radical (unpaired) electrons. The number of nitrogens with zero attached hydrogens (tertiary/aromatic N) is 6. The molecule has 4 aromatic heterocycles. The number of aromatic nitrogens is 6. The van der Waals surface area contributed by atoms with Crippen molar-refractivity contribution in [1.82, 2.24) is 34.4 Å². The van der Waals surface area contributed by atoms with Gasteiger partial charge in [0, 0.05) is 47.7 Å². The molecule has 2 aliphatic heterocycles. The van der Waals surface area contributed by atoms with Crippen LogP contribution in [0, 0.1) is 5.41 Å². The molecular formula is C28H32N8O4. The van der Waals surface area contributed by atoms with Crippen LogP contribution in [0.1, 0.15) is 61.5 Å². The van der Waals surface area contributed by atoms with Gasteiger partial charge in [-0.1, -0.05) is 6.07 Å². The summed E-state index contributed by atoms with van der Waals surface area (Å²) in [5.74, 6) is 0.381. The third-order valence-corrected chi connectivity index (χ3v) is 8.45. The van der Waals surface area contributed by atoms with Crippen LogP contribution in [0.25, 0.3) is 28.3 Å². The monoisotopic (exact) mass is 544 g/mol. The van der Waals surface area contributed by atoms with Gasteiger partial charge < -0.3 is 25.8 Å². The largest absolute Gasteiger partial charge is 0.395 e. The van der Waals surface area contributed by atoms with Crippen molar-refractivity contribution >= 4 is 23.2 Å². The van der Waals surface area contributed by atoms with Crippen LogP contribution in [0.15, 0.2) is 36.9 Å². The quantitative estimate of drug-likeness (QED) is 0.254. The van der Waals surface area contributed by atoms with Crippen molar-refractivity contribution in [2.45, 2.75) is 57.5 Å². The highest BCUT2D eigenvalue weighted by molar-refractivity contribution is 6.00. The number of imidazole rings is 1. The molecular weight excluding hydrogens is 512 g/mol. The number of hydrogen-bond donors (Lipinski definition) is 4. The number of rotatable bonds is 7. The molecule has 5 N–H and O–H groups in total. The number of H-pyrrole nitrogens is 1. The van der Waals surface area contributed by atoms with E-state index in [4.69, 9.17) is 10.7 Å². The normalized spacial score (nSPS) is 20.8. The Balaban J connectivity index is 1.38. The molecule has 3 atom stereocenters. The number of aliphatic hydroxyl groups excluding tert-OH is 2. The first-order chi connectivity index (χ1) is 19.3. The highest BCUT2D eigenvalue weighted by Crippen LogP contribution is 2.46. The fourth-order valence-electron chi connectivity index (χ4n) is 6.22. The van der Waals surface area contributed by atoms with Gasteiger partial charge >= 0.3 is 0 Å². The first kappa shape index (κ1) is 26.1. The minimum Gasteiger partial charge on any atom is -0.395 e. The summed E-state index contributed by atoms with van der Waals surface area (Å²) in [5.41, 5.74) is 9.06. The van der Waals surface area contributed by atoms with Gasteiger partial charge in [0.15, 0.2) is 17.3 Å². The summed E-state index contributed by atoms with van der Waals surface area (Å²) in [7, 11) is 0. The van der Waals surface area contributed by atoms with Gasteiger partial charge in [-0.25, -0.2) is 9.97 Å². The number of nitrogen functional groups attached to an aromatic ring is 1. The van der Waals surface area contributed by atoms with Gasteiger partial charge in [-0.15, -0.1) is 0 Å². The van der Waals surface area contributed by atoms with E-state index < -0.39 is 18.6 Å². The van der Waals surface area contributed by atoms with E-state index >= 15 is 0 Å². The molecule has 4 aromatic rings. The van der Waals surface area contributed by atoms with E-state index in [0.29, 0.717) is 41.3 Å². The van der Waals surface area contributed by atoms with Crippen molar-refractivity contribution in [2.75, 3.05) is 18.9 Å². The molecule has 1 amide bonds. The number of anilines is 1. The molecule has 208 valence electrons. The van der Waals surface area contributed by atoms with Crippen LogP contribution in [0.5, 0.6) is 0 Å². The molecule has 6 rings (SSSR count). The molecule has 0 saturated carbocycles. The summed E-state index contributed by atoms with van der Waals surface area (Å²) in [6, 6.07) is 3.64. The molecule has 0 aliphatic carbocycles. The number of piperidine rings is 1. The number of hydrogen-bond acceptors (Lipinski definition) is 9. The van der Waals surface area contributed by atoms with E-state index in [2.05, 4.69) is 20.1 Å². The highest BCUT2D eigenvalue weighted by Gasteiger charge is 2.49. The van der Waals surface area contributed by atoms with Crippen LogP contribution in [-0.2, 0) is 4.79 Å². The lowest BCUT2D eigenvalue weighted by Crippen LogP contribution is -2.54. The van der Waals surface area contributed by atoms with Crippen LogP contribution in [0.2, 0.25) is 0 Å². The Labute approximate surface area is 230 Å². The van der Waals surface area contributed by atoms with Gasteiger partial charge in [0.1, 0.15) is 11.5 Å². The number of carbonyl (C=O) groups is 2. The Morgan fingerprint density at radius 1 is 1.12 bits per heavy atom. The van der Waals surface area contributed by atoms with Crippen LogP contribution in [0.4, 0.5) is 5.82 Å². The van der Waals surface area contributed by atoms with Gasteiger partial charge in [0.25, 0.3) is 0 Å². The van der Waals surface area contributed by atoms with Crippen molar-refractivity contribution in [3.63, 3.8) is 0 Å². The van der Waals surface area contributed by atoms with Gasteiger partial charge in [0.2, 0.25) is 5.91 Å². The van der Waals surface area contributed by atoms with E-state index in [1.807, 2.05) is 17.0 Å². The zero-order valence-electron chi connectivity index (χ0n) is 22.4. The third kappa shape index (κ3) is 4.06. The number of carbonyl (C=O) groups excluding carboxylic acids is 2. The molecule has 6 heterocycles. The smallest absolute Gasteiger partial charge is 0.233 e. The summed E-state index contributed by atoms with van der Waals surface area (Å²) in [5, 5.41) is 24.1. The maximum absolute atomic E-state index is 13.3. The first-order valence-electron chi connectivity index (χ1n) is 13.4. The maximum Gasteiger partial charge on any atom is 0.233 e. The second-order valence-electron chi connectivity index (χ2n) is 11.1. The van der Waals surface area contributed by atoms with Gasteiger partial charge in [0.05, 0.1) is 36.1 Å². The van der Waals surface area contributed by atoms with Crippen molar-refractivity contribution in [3.05, 3.63) is 48.2 Å². The standard InChI is InChI=1S/C28H32N8O4/c1-15(39)22-23(17-9-18-4-5-19(10-17)35(18)27(40)28(2,13-37)14-38)34-26-20(12-33-36(26)24(22)29)16-3-6-21(32-11-16)25-30-7-8-31-25/h3,6-8,11-12,17-19,37-38H,4-5,9-10,13-14,29H2,1-2H3,(H,30,31)/t17-,18-,19+. The third-order valence-electron chi connectivity index (χ3n) is 8.45. The Morgan fingerprint density at radius 2 is 1.85 bits per heavy atom. The highest BCUT2D eigenvalue weighted by atomic mass is 16.3. The number of amides is 1. The zero-order chi connectivity index (χ0) is 28.2. The number of Topliss-reactive ketones (excluding diaryl/α,β-unsaturated/α-hetero) is 1. The van der Waals surface area contributed by atoms with Gasteiger partial charge in [-0.05, 0) is 45.6 Å². The van der Waals surface area contributed by atoms with E-state index in [9.17, 15) is 19.8 Å². The first-order valence-corrected chi connectivity index (χ1v) is 13.4. The maximum atomic E-state index is 13.3. The summed E-state index contributed by atoms with van der Waals surface area (Å²) < 4.78 is 1.50. The molecule has 2 saturated heterocycles. The predicted molar refractivity (Wildman–Crippen MR) is 146 cm³/mol. The Morgan fingerprint density at radius 3 is 2.42 bits per heavy atom. The number of nitrogens with two attached hydrogens (primary N) is 1. The Hall–Kier alpha value is -4.16. The average molecular weight is 545 g/mol. The molecule has 2 aliphatic rings. The fraction of sp³-hybridized carbons (Fsp3) is 0.429.